The monoisotopic (exact) mass is 566 g/mol. The van der Waals surface area contributed by atoms with E-state index in [4.69, 9.17) is 23.2 Å². The Morgan fingerprint density at radius 2 is 1.84 bits per heavy atom. The van der Waals surface area contributed by atoms with Crippen LogP contribution in [0.4, 0.5) is 0 Å². The smallest absolute Gasteiger partial charge is 0.304 e. The molecule has 1 aliphatic carbocycles. The molecule has 3 N–H and O–H groups in total. The van der Waals surface area contributed by atoms with Gasteiger partial charge in [-0.2, -0.15) is 0 Å². The van der Waals surface area contributed by atoms with Gasteiger partial charge in [-0.3, -0.25) is 9.59 Å². The maximum atomic E-state index is 13.3. The zero-order chi connectivity index (χ0) is 27.0. The van der Waals surface area contributed by atoms with Gasteiger partial charge in [0, 0.05) is 22.0 Å². The highest BCUT2D eigenvalue weighted by atomic mass is 35.5. The summed E-state index contributed by atoms with van der Waals surface area (Å²) in [7, 11) is -3.63. The lowest BCUT2D eigenvalue weighted by molar-refractivity contribution is -0.147. The molecule has 2 aliphatic rings. The number of nitrogens with one attached hydrogen (secondary N) is 2. The minimum absolute atomic E-state index is 0.0410. The van der Waals surface area contributed by atoms with Gasteiger partial charge in [-0.1, -0.05) is 54.4 Å². The number of sulfonamides is 1. The number of piperidine rings is 1. The number of carbonyl (C=O) groups is 2. The molecule has 200 valence electrons. The Balaban J connectivity index is 1.81. The molecule has 7 nitrogen and oxygen atoms in total. The fourth-order valence-electron chi connectivity index (χ4n) is 5.65. The van der Waals surface area contributed by atoms with Crippen molar-refractivity contribution in [1.29, 1.82) is 0 Å². The second kappa shape index (κ2) is 10.6. The molecular formula is C27H32Cl2N2O5S. The van der Waals surface area contributed by atoms with E-state index in [-0.39, 0.29) is 36.3 Å². The molecule has 4 atom stereocenters. The standard InChI is InChI=1S/C27H32Cl2N2O5S/c1-3-37(35,36)31-27(18-7-8-18,19-9-11-20(28)12-10-19)15-23-22(17-5-4-6-21(29)13-17)14-26(2,16-24(32)33)25(34)30-23/h4-6,9-13,18,22-23,31H,3,7-8,14-16H2,1-2H3,(H,30,34)(H,32,33)/t22-,23+,26+,27+/m1/s1. The minimum atomic E-state index is -3.63. The lowest BCUT2D eigenvalue weighted by Crippen LogP contribution is -2.58. The van der Waals surface area contributed by atoms with Gasteiger partial charge in [-0.25, -0.2) is 13.1 Å². The first-order chi connectivity index (χ1) is 17.4. The van der Waals surface area contributed by atoms with E-state index in [0.29, 0.717) is 16.5 Å². The maximum absolute atomic E-state index is 13.3. The predicted octanol–water partition coefficient (Wildman–Crippen LogP) is 5.08. The van der Waals surface area contributed by atoms with Gasteiger partial charge >= 0.3 is 5.97 Å². The van der Waals surface area contributed by atoms with E-state index in [0.717, 1.165) is 24.0 Å². The summed E-state index contributed by atoms with van der Waals surface area (Å²) in [6.45, 7) is 3.26. The van der Waals surface area contributed by atoms with Crippen LogP contribution in [0, 0.1) is 11.3 Å². The van der Waals surface area contributed by atoms with Crippen LogP contribution in [0.15, 0.2) is 48.5 Å². The Hall–Kier alpha value is -2.13. The third-order valence-corrected chi connectivity index (χ3v) is 9.65. The number of carbonyl (C=O) groups excluding carboxylic acids is 1. The van der Waals surface area contributed by atoms with E-state index >= 15 is 0 Å². The number of halogens is 2. The average Bonchev–Trinajstić information content (AvgIpc) is 3.67. The van der Waals surface area contributed by atoms with Gasteiger partial charge in [0.15, 0.2) is 0 Å². The lowest BCUT2D eigenvalue weighted by atomic mass is 9.66. The quantitative estimate of drug-likeness (QED) is 0.371. The topological polar surface area (TPSA) is 113 Å². The molecule has 0 bridgehead atoms. The van der Waals surface area contributed by atoms with Crippen molar-refractivity contribution in [2.45, 2.75) is 63.5 Å². The van der Waals surface area contributed by atoms with E-state index in [1.54, 1.807) is 32.0 Å². The first-order valence-electron chi connectivity index (χ1n) is 12.4. The van der Waals surface area contributed by atoms with Gasteiger partial charge in [0.1, 0.15) is 0 Å². The summed E-state index contributed by atoms with van der Waals surface area (Å²) in [6, 6.07) is 14.0. The number of carboxylic acid groups (broad SMARTS) is 1. The van der Waals surface area contributed by atoms with E-state index in [9.17, 15) is 23.1 Å². The molecule has 1 saturated heterocycles. The first kappa shape index (κ1) is 27.9. The SMILES string of the molecule is CCS(=O)(=O)N[C@](C[C@@H]1NC(=O)[C@](C)(CC(=O)O)C[C@@H]1c1cccc(Cl)c1)(c1ccc(Cl)cc1)C1CC1. The van der Waals surface area contributed by atoms with Crippen molar-refractivity contribution in [2.75, 3.05) is 5.75 Å². The van der Waals surface area contributed by atoms with Crippen LogP contribution in [0.2, 0.25) is 10.0 Å². The number of benzene rings is 2. The van der Waals surface area contributed by atoms with Gasteiger partial charge in [0.05, 0.1) is 23.1 Å². The molecule has 2 aromatic carbocycles. The second-order valence-electron chi connectivity index (χ2n) is 10.5. The van der Waals surface area contributed by atoms with Crippen LogP contribution in [0.5, 0.6) is 0 Å². The van der Waals surface area contributed by atoms with Crippen molar-refractivity contribution in [1.82, 2.24) is 10.0 Å². The van der Waals surface area contributed by atoms with Crippen molar-refractivity contribution in [3.05, 3.63) is 69.7 Å². The number of carboxylic acids is 1. The fourth-order valence-corrected chi connectivity index (χ4v) is 7.05. The van der Waals surface area contributed by atoms with E-state index in [2.05, 4.69) is 10.0 Å². The molecule has 4 rings (SSSR count). The Labute approximate surface area is 228 Å². The Morgan fingerprint density at radius 1 is 1.16 bits per heavy atom. The zero-order valence-electron chi connectivity index (χ0n) is 20.8. The molecule has 0 unspecified atom stereocenters. The molecule has 0 aromatic heterocycles. The molecule has 1 saturated carbocycles. The molecule has 10 heteroatoms. The summed E-state index contributed by atoms with van der Waals surface area (Å²) in [6.07, 6.45) is 1.96. The van der Waals surface area contributed by atoms with Crippen LogP contribution in [-0.4, -0.2) is 37.2 Å². The van der Waals surface area contributed by atoms with Gasteiger partial charge in [0.2, 0.25) is 15.9 Å². The largest absolute Gasteiger partial charge is 0.481 e. The summed E-state index contributed by atoms with van der Waals surface area (Å²) < 4.78 is 29.0. The molecule has 0 spiro atoms. The normalized spacial score (nSPS) is 25.8. The van der Waals surface area contributed by atoms with Gasteiger partial charge in [-0.15, -0.1) is 0 Å². The summed E-state index contributed by atoms with van der Waals surface area (Å²) in [5.41, 5.74) is -0.433. The third-order valence-electron chi connectivity index (χ3n) is 7.73. The van der Waals surface area contributed by atoms with E-state index in [1.165, 1.54) is 0 Å². The fraction of sp³-hybridized carbons (Fsp3) is 0.481. The van der Waals surface area contributed by atoms with Crippen LogP contribution in [0.3, 0.4) is 0 Å². The summed E-state index contributed by atoms with van der Waals surface area (Å²) in [5, 5.41) is 13.7. The predicted molar refractivity (Wildman–Crippen MR) is 144 cm³/mol. The van der Waals surface area contributed by atoms with Gasteiger partial charge < -0.3 is 10.4 Å². The highest BCUT2D eigenvalue weighted by Gasteiger charge is 2.53. The van der Waals surface area contributed by atoms with Crippen molar-refractivity contribution in [3.8, 4) is 0 Å². The van der Waals surface area contributed by atoms with Gasteiger partial charge in [-0.05, 0) is 73.9 Å². The van der Waals surface area contributed by atoms with Crippen molar-refractivity contribution in [3.63, 3.8) is 0 Å². The summed E-state index contributed by atoms with van der Waals surface area (Å²) in [4.78, 5) is 25.0. The molecule has 1 amide bonds. The number of hydrogen-bond acceptors (Lipinski definition) is 4. The van der Waals surface area contributed by atoms with Gasteiger partial charge in [0.25, 0.3) is 0 Å². The number of aliphatic carboxylic acids is 1. The second-order valence-corrected chi connectivity index (χ2v) is 13.4. The van der Waals surface area contributed by atoms with Crippen LogP contribution in [-0.2, 0) is 25.2 Å². The summed E-state index contributed by atoms with van der Waals surface area (Å²) in [5.74, 6) is -1.72. The number of rotatable bonds is 10. The molecule has 2 aromatic rings. The first-order valence-corrected chi connectivity index (χ1v) is 14.8. The lowest BCUT2D eigenvalue weighted by Gasteiger charge is -2.46. The maximum Gasteiger partial charge on any atom is 0.304 e. The molecule has 1 aliphatic heterocycles. The van der Waals surface area contributed by atoms with Crippen LogP contribution < -0.4 is 10.0 Å². The Morgan fingerprint density at radius 3 is 2.41 bits per heavy atom. The van der Waals surface area contributed by atoms with Crippen LogP contribution >= 0.6 is 23.2 Å². The molecule has 2 fully saturated rings. The highest BCUT2D eigenvalue weighted by molar-refractivity contribution is 7.89. The molecular weight excluding hydrogens is 535 g/mol. The highest BCUT2D eigenvalue weighted by Crippen LogP contribution is 2.52. The minimum Gasteiger partial charge on any atom is -0.481 e. The van der Waals surface area contributed by atoms with Crippen molar-refractivity contribution in [2.24, 2.45) is 11.3 Å². The van der Waals surface area contributed by atoms with Crippen LogP contribution in [0.1, 0.15) is 63.0 Å². The Kier molecular flexibility index (Phi) is 7.96. The van der Waals surface area contributed by atoms with E-state index < -0.39 is 33.0 Å². The van der Waals surface area contributed by atoms with E-state index in [1.807, 2.05) is 30.3 Å². The molecule has 37 heavy (non-hydrogen) atoms. The van der Waals surface area contributed by atoms with Crippen molar-refractivity contribution < 1.29 is 23.1 Å². The molecule has 0 radical (unpaired) electrons. The molecule has 1 heterocycles. The Bertz CT molecular complexity index is 1280. The average molecular weight is 568 g/mol. The number of hydrogen-bond donors (Lipinski definition) is 3. The van der Waals surface area contributed by atoms with Crippen LogP contribution in [0.25, 0.3) is 0 Å². The third kappa shape index (κ3) is 6.14. The zero-order valence-corrected chi connectivity index (χ0v) is 23.2. The number of amides is 1. The summed E-state index contributed by atoms with van der Waals surface area (Å²) >= 11 is 12.5. The van der Waals surface area contributed by atoms with Crippen molar-refractivity contribution >= 4 is 45.1 Å².